The van der Waals surface area contributed by atoms with Gasteiger partial charge in [0.25, 0.3) is 0 Å². The molecule has 0 saturated carbocycles. The molecule has 20 heavy (non-hydrogen) atoms. The number of aromatic nitrogens is 1. The molecule has 1 heterocycles. The van der Waals surface area contributed by atoms with Crippen LogP contribution in [0.15, 0.2) is 24.5 Å². The molecule has 0 bridgehead atoms. The van der Waals surface area contributed by atoms with E-state index < -0.39 is 21.1 Å². The van der Waals surface area contributed by atoms with Crippen molar-refractivity contribution in [2.24, 2.45) is 0 Å². The molecule has 0 aliphatic carbocycles. The number of rotatable bonds is 11. The van der Waals surface area contributed by atoms with Crippen molar-refractivity contribution < 1.29 is 0 Å². The first-order valence-corrected chi connectivity index (χ1v) is 11.3. The third-order valence-electron chi connectivity index (χ3n) is 4.12. The zero-order valence-corrected chi connectivity index (χ0v) is 16.5. The van der Waals surface area contributed by atoms with E-state index in [4.69, 9.17) is 0 Å². The maximum absolute atomic E-state index is 4.19. The van der Waals surface area contributed by atoms with Gasteiger partial charge in [0.2, 0.25) is 0 Å². The van der Waals surface area contributed by atoms with Gasteiger partial charge >= 0.3 is 136 Å². The Balaban J connectivity index is 2.81. The number of nitrogens with zero attached hydrogens (tertiary/aromatic N) is 1. The molecule has 0 unspecified atom stereocenters. The first-order valence-electron chi connectivity index (χ1n) is 8.44. The van der Waals surface area contributed by atoms with Gasteiger partial charge in [-0.1, -0.05) is 0 Å². The van der Waals surface area contributed by atoms with Crippen LogP contribution in [0, 0.1) is 0 Å². The van der Waals surface area contributed by atoms with Crippen LogP contribution in [0.25, 0.3) is 0 Å². The predicted molar refractivity (Wildman–Crippen MR) is 90.9 cm³/mol. The van der Waals surface area contributed by atoms with Gasteiger partial charge < -0.3 is 0 Å². The van der Waals surface area contributed by atoms with Crippen molar-refractivity contribution in [1.82, 2.24) is 4.98 Å². The van der Waals surface area contributed by atoms with Crippen LogP contribution >= 0.6 is 0 Å². The molecule has 0 atom stereocenters. The van der Waals surface area contributed by atoms with Gasteiger partial charge in [0.1, 0.15) is 0 Å². The normalized spacial score (nSPS) is 11.8. The fourth-order valence-corrected chi connectivity index (χ4v) is 8.08. The molecule has 0 aliphatic rings. The topological polar surface area (TPSA) is 12.9 Å². The Morgan fingerprint density at radius 3 is 1.70 bits per heavy atom. The second-order valence-electron chi connectivity index (χ2n) is 5.95. The Kier molecular flexibility index (Phi) is 9.58. The first-order chi connectivity index (χ1) is 9.76. The molecule has 2 radical (unpaired) electrons. The Morgan fingerprint density at radius 1 is 0.850 bits per heavy atom. The summed E-state index contributed by atoms with van der Waals surface area (Å²) < 4.78 is 2.35. The molecule has 1 rings (SSSR count). The molecule has 0 fully saturated rings. The summed E-state index contributed by atoms with van der Waals surface area (Å²) in [6.45, 7) is 7.01. The molecule has 2 heteroatoms. The monoisotopic (exact) mass is 381 g/mol. The van der Waals surface area contributed by atoms with Crippen molar-refractivity contribution >= 4 is 24.7 Å². The van der Waals surface area contributed by atoms with E-state index in [1.54, 1.807) is 3.58 Å². The summed E-state index contributed by atoms with van der Waals surface area (Å²) in [5.41, 5.74) is 0. The Hall–Kier alpha value is -0.0513. The first kappa shape index (κ1) is 18.0. The van der Waals surface area contributed by atoms with Crippen molar-refractivity contribution in [3.63, 3.8) is 0 Å². The summed E-state index contributed by atoms with van der Waals surface area (Å²) in [6, 6.07) is 4.56. The van der Waals surface area contributed by atoms with Crippen molar-refractivity contribution in [1.29, 1.82) is 0 Å². The van der Waals surface area contributed by atoms with E-state index in [9.17, 15) is 0 Å². The third kappa shape index (κ3) is 6.60. The van der Waals surface area contributed by atoms with Crippen LogP contribution in [0.3, 0.4) is 0 Å². The quantitative estimate of drug-likeness (QED) is 0.485. The molecule has 0 aliphatic heterocycles. The van der Waals surface area contributed by atoms with Crippen molar-refractivity contribution in [3.8, 4) is 0 Å². The molecule has 0 aromatic carbocycles. The van der Waals surface area contributed by atoms with E-state index in [2.05, 4.69) is 37.9 Å². The van der Waals surface area contributed by atoms with Gasteiger partial charge in [-0.15, -0.1) is 0 Å². The average molecular weight is 380 g/mol. The van der Waals surface area contributed by atoms with Crippen molar-refractivity contribution in [2.75, 3.05) is 0 Å². The number of unbranched alkanes of at least 4 members (excludes halogenated alkanes) is 3. The van der Waals surface area contributed by atoms with Crippen LogP contribution in [-0.2, 0) is 0 Å². The van der Waals surface area contributed by atoms with Gasteiger partial charge in [0, 0.05) is 0 Å². The molecule has 112 valence electrons. The van der Waals surface area contributed by atoms with Crippen LogP contribution in [0.4, 0.5) is 0 Å². The van der Waals surface area contributed by atoms with E-state index in [1.165, 1.54) is 57.8 Å². The SMILES string of the molecule is CCCC[C](CCCC)(CCCC)[Sn][c]1ccncc1. The zero-order valence-electron chi connectivity index (χ0n) is 13.6. The van der Waals surface area contributed by atoms with Gasteiger partial charge in [-0.3, -0.25) is 0 Å². The summed E-state index contributed by atoms with van der Waals surface area (Å²) in [5, 5.41) is 0. The van der Waals surface area contributed by atoms with Gasteiger partial charge in [-0.25, -0.2) is 0 Å². The van der Waals surface area contributed by atoms with E-state index in [1.807, 2.05) is 12.4 Å². The Bertz CT molecular complexity index is 315. The molecule has 1 aromatic rings. The Labute approximate surface area is 136 Å². The van der Waals surface area contributed by atoms with Crippen LogP contribution in [0.5, 0.6) is 0 Å². The van der Waals surface area contributed by atoms with Crippen molar-refractivity contribution in [3.05, 3.63) is 24.5 Å². The molecule has 0 spiro atoms. The minimum absolute atomic E-state index is 0.530. The summed E-state index contributed by atoms with van der Waals surface area (Å²) in [5.74, 6) is 0. The summed E-state index contributed by atoms with van der Waals surface area (Å²) >= 11 is -0.530. The average Bonchev–Trinajstić information content (AvgIpc) is 2.49. The molecule has 0 N–H and O–H groups in total. The van der Waals surface area contributed by atoms with Crippen LogP contribution < -0.4 is 3.58 Å². The minimum atomic E-state index is -0.530. The predicted octanol–water partition coefficient (Wildman–Crippen LogP) is 5.14. The second-order valence-corrected chi connectivity index (χ2v) is 11.3. The maximum atomic E-state index is 4.19. The molecule has 0 amide bonds. The van der Waals surface area contributed by atoms with Gasteiger partial charge in [0.15, 0.2) is 0 Å². The van der Waals surface area contributed by atoms with Crippen LogP contribution in [0.1, 0.15) is 78.6 Å². The van der Waals surface area contributed by atoms with E-state index in [-0.39, 0.29) is 0 Å². The molecule has 0 saturated heterocycles. The number of hydrogen-bond acceptors (Lipinski definition) is 1. The van der Waals surface area contributed by atoms with Gasteiger partial charge in [-0.05, 0) is 0 Å². The fraction of sp³-hybridized carbons (Fsp3) is 0.722. The number of hydrogen-bond donors (Lipinski definition) is 0. The summed E-state index contributed by atoms with van der Waals surface area (Å²) in [4.78, 5) is 4.19. The van der Waals surface area contributed by atoms with Gasteiger partial charge in [-0.2, -0.15) is 0 Å². The van der Waals surface area contributed by atoms with E-state index in [0.717, 1.165) is 0 Å². The standard InChI is InChI=1S/C13H27.C5H4N.Sn/c1-4-7-10-13(11-8-5-2)12-9-6-3;1-2-4-6-5-3-1;/h4-12H2,1-3H3;2-5H;. The number of pyridine rings is 1. The molecular weight excluding hydrogens is 349 g/mol. The zero-order chi connectivity index (χ0) is 14.7. The van der Waals surface area contributed by atoms with Crippen LogP contribution in [0.2, 0.25) is 3.43 Å². The Morgan fingerprint density at radius 2 is 1.30 bits per heavy atom. The molecule has 1 nitrogen and oxygen atoms in total. The molecular formula is C18H31NSn. The van der Waals surface area contributed by atoms with E-state index >= 15 is 0 Å². The third-order valence-corrected chi connectivity index (χ3v) is 9.55. The second kappa shape index (κ2) is 10.6. The summed E-state index contributed by atoms with van der Waals surface area (Å²) in [6.07, 6.45) is 16.7. The molecule has 1 aromatic heterocycles. The van der Waals surface area contributed by atoms with E-state index in [0.29, 0.717) is 3.43 Å². The van der Waals surface area contributed by atoms with Crippen LogP contribution in [-0.4, -0.2) is 26.1 Å². The van der Waals surface area contributed by atoms with Gasteiger partial charge in [0.05, 0.1) is 0 Å². The summed E-state index contributed by atoms with van der Waals surface area (Å²) in [7, 11) is 0. The fourth-order valence-electron chi connectivity index (χ4n) is 2.85. The van der Waals surface area contributed by atoms with Crippen molar-refractivity contribution in [2.45, 2.75) is 82.0 Å².